The second kappa shape index (κ2) is 4.84. The lowest BCUT2D eigenvalue weighted by Gasteiger charge is -2.06. The molecule has 0 saturated heterocycles. The molecule has 0 fully saturated rings. The van der Waals surface area contributed by atoms with Crippen molar-refractivity contribution in [1.29, 1.82) is 0 Å². The minimum Gasteiger partial charge on any atom is -0.508 e. The standard InChI is InChI=1S/C11H12ClNO2/c1-7-5-9(14)3-4-10(7)11(15)13-6-8(2)12/h3-5,14H,2,6H2,1H3,(H,13,15). The highest BCUT2D eigenvalue weighted by Gasteiger charge is 2.08. The molecule has 0 aliphatic carbocycles. The maximum atomic E-state index is 11.6. The highest BCUT2D eigenvalue weighted by Crippen LogP contribution is 2.15. The Labute approximate surface area is 93.4 Å². The van der Waals surface area contributed by atoms with Gasteiger partial charge in [0, 0.05) is 10.6 Å². The third-order valence-electron chi connectivity index (χ3n) is 1.90. The van der Waals surface area contributed by atoms with E-state index in [0.717, 1.165) is 0 Å². The molecule has 15 heavy (non-hydrogen) atoms. The molecule has 0 heterocycles. The maximum absolute atomic E-state index is 11.6. The van der Waals surface area contributed by atoms with Gasteiger partial charge < -0.3 is 10.4 Å². The number of benzene rings is 1. The van der Waals surface area contributed by atoms with Crippen LogP contribution in [0.4, 0.5) is 0 Å². The van der Waals surface area contributed by atoms with E-state index in [1.165, 1.54) is 12.1 Å². The van der Waals surface area contributed by atoms with Crippen LogP contribution in [0, 0.1) is 6.92 Å². The van der Waals surface area contributed by atoms with Crippen LogP contribution in [0.15, 0.2) is 29.8 Å². The molecule has 1 rings (SSSR count). The first-order chi connectivity index (χ1) is 7.00. The quantitative estimate of drug-likeness (QED) is 0.829. The van der Waals surface area contributed by atoms with Crippen LogP contribution in [0.1, 0.15) is 15.9 Å². The Morgan fingerprint density at radius 2 is 2.27 bits per heavy atom. The largest absolute Gasteiger partial charge is 0.508 e. The summed E-state index contributed by atoms with van der Waals surface area (Å²) >= 11 is 5.53. The fraction of sp³-hybridized carbons (Fsp3) is 0.182. The van der Waals surface area contributed by atoms with E-state index in [-0.39, 0.29) is 18.2 Å². The van der Waals surface area contributed by atoms with Crippen molar-refractivity contribution >= 4 is 17.5 Å². The van der Waals surface area contributed by atoms with E-state index in [0.29, 0.717) is 16.2 Å². The Kier molecular flexibility index (Phi) is 3.74. The molecule has 1 aromatic carbocycles. The molecule has 4 heteroatoms. The number of rotatable bonds is 3. The number of carbonyl (C=O) groups excluding carboxylic acids is 1. The fourth-order valence-electron chi connectivity index (χ4n) is 1.17. The number of phenols is 1. The second-order valence-electron chi connectivity index (χ2n) is 3.20. The zero-order chi connectivity index (χ0) is 11.4. The molecule has 0 aliphatic heterocycles. The molecule has 0 radical (unpaired) electrons. The topological polar surface area (TPSA) is 49.3 Å². The van der Waals surface area contributed by atoms with E-state index in [4.69, 9.17) is 11.6 Å². The van der Waals surface area contributed by atoms with Crippen molar-refractivity contribution in [3.8, 4) is 5.75 Å². The third-order valence-corrected chi connectivity index (χ3v) is 2.03. The lowest BCUT2D eigenvalue weighted by atomic mass is 10.1. The van der Waals surface area contributed by atoms with E-state index >= 15 is 0 Å². The molecule has 0 aliphatic rings. The summed E-state index contributed by atoms with van der Waals surface area (Å²) in [5, 5.41) is 12.2. The van der Waals surface area contributed by atoms with Gasteiger partial charge in [0.25, 0.3) is 5.91 Å². The Morgan fingerprint density at radius 3 is 2.80 bits per heavy atom. The van der Waals surface area contributed by atoms with Gasteiger partial charge in [0.1, 0.15) is 5.75 Å². The molecular formula is C11H12ClNO2. The van der Waals surface area contributed by atoms with Crippen molar-refractivity contribution in [3.63, 3.8) is 0 Å². The number of hydrogen-bond acceptors (Lipinski definition) is 2. The van der Waals surface area contributed by atoms with Crippen LogP contribution >= 0.6 is 11.6 Å². The Balaban J connectivity index is 2.78. The van der Waals surface area contributed by atoms with E-state index in [9.17, 15) is 9.90 Å². The van der Waals surface area contributed by atoms with Crippen molar-refractivity contribution in [1.82, 2.24) is 5.32 Å². The average molecular weight is 226 g/mol. The first-order valence-corrected chi connectivity index (χ1v) is 4.79. The summed E-state index contributed by atoms with van der Waals surface area (Å²) in [5.41, 5.74) is 1.23. The van der Waals surface area contributed by atoms with Gasteiger partial charge in [-0.1, -0.05) is 18.2 Å². The van der Waals surface area contributed by atoms with Gasteiger partial charge in [-0.3, -0.25) is 4.79 Å². The predicted octanol–water partition coefficient (Wildman–Crippen LogP) is 2.18. The Bertz CT molecular complexity index is 402. The summed E-state index contributed by atoms with van der Waals surface area (Å²) < 4.78 is 0. The number of phenolic OH excluding ortho intramolecular Hbond substituents is 1. The van der Waals surface area contributed by atoms with E-state index in [2.05, 4.69) is 11.9 Å². The van der Waals surface area contributed by atoms with Gasteiger partial charge in [0.05, 0.1) is 6.54 Å². The van der Waals surface area contributed by atoms with Gasteiger partial charge in [0.15, 0.2) is 0 Å². The maximum Gasteiger partial charge on any atom is 0.251 e. The molecule has 0 aromatic heterocycles. The lowest BCUT2D eigenvalue weighted by molar-refractivity contribution is 0.0957. The van der Waals surface area contributed by atoms with E-state index in [1.54, 1.807) is 13.0 Å². The SMILES string of the molecule is C=C(Cl)CNC(=O)c1ccc(O)cc1C. The molecule has 1 amide bonds. The van der Waals surface area contributed by atoms with Gasteiger partial charge in [-0.2, -0.15) is 0 Å². The number of amides is 1. The minimum atomic E-state index is -0.227. The van der Waals surface area contributed by atoms with Crippen molar-refractivity contribution in [3.05, 3.63) is 40.9 Å². The zero-order valence-corrected chi connectivity index (χ0v) is 9.14. The summed E-state index contributed by atoms with van der Waals surface area (Å²) in [6.45, 7) is 5.46. The second-order valence-corrected chi connectivity index (χ2v) is 3.73. The normalized spacial score (nSPS) is 9.73. The van der Waals surface area contributed by atoms with Gasteiger partial charge in [-0.25, -0.2) is 0 Å². The van der Waals surface area contributed by atoms with Gasteiger partial charge in [-0.05, 0) is 30.7 Å². The summed E-state index contributed by atoms with van der Waals surface area (Å²) in [6, 6.07) is 4.57. The van der Waals surface area contributed by atoms with Crippen LogP contribution in [-0.4, -0.2) is 17.6 Å². The van der Waals surface area contributed by atoms with Crippen LogP contribution < -0.4 is 5.32 Å². The first kappa shape index (κ1) is 11.6. The zero-order valence-electron chi connectivity index (χ0n) is 8.38. The highest BCUT2D eigenvalue weighted by molar-refractivity contribution is 6.29. The van der Waals surface area contributed by atoms with E-state index < -0.39 is 0 Å². The summed E-state index contributed by atoms with van der Waals surface area (Å²) in [5.74, 6) is -0.0832. The number of carbonyl (C=O) groups is 1. The minimum absolute atomic E-state index is 0.144. The Morgan fingerprint density at radius 1 is 1.60 bits per heavy atom. The van der Waals surface area contributed by atoms with Gasteiger partial charge in [-0.15, -0.1) is 0 Å². The molecule has 2 N–H and O–H groups in total. The van der Waals surface area contributed by atoms with Crippen LogP contribution in [0.25, 0.3) is 0 Å². The van der Waals surface area contributed by atoms with Gasteiger partial charge >= 0.3 is 0 Å². The average Bonchev–Trinajstić information content (AvgIpc) is 2.14. The van der Waals surface area contributed by atoms with Crippen LogP contribution in [0.5, 0.6) is 5.75 Å². The van der Waals surface area contributed by atoms with E-state index in [1.807, 2.05) is 0 Å². The first-order valence-electron chi connectivity index (χ1n) is 4.42. The van der Waals surface area contributed by atoms with Crippen molar-refractivity contribution in [2.24, 2.45) is 0 Å². The van der Waals surface area contributed by atoms with Crippen LogP contribution in [0.2, 0.25) is 0 Å². The molecule has 0 atom stereocenters. The predicted molar refractivity (Wildman–Crippen MR) is 60.2 cm³/mol. The summed E-state index contributed by atoms with van der Waals surface area (Å²) in [6.07, 6.45) is 0. The van der Waals surface area contributed by atoms with Crippen LogP contribution in [0.3, 0.4) is 0 Å². The summed E-state index contributed by atoms with van der Waals surface area (Å²) in [4.78, 5) is 11.6. The van der Waals surface area contributed by atoms with Crippen molar-refractivity contribution < 1.29 is 9.90 Å². The molecular weight excluding hydrogens is 214 g/mol. The molecule has 0 unspecified atom stereocenters. The molecule has 3 nitrogen and oxygen atoms in total. The molecule has 0 spiro atoms. The number of aromatic hydroxyl groups is 1. The Hall–Kier alpha value is -1.48. The number of aryl methyl sites for hydroxylation is 1. The monoisotopic (exact) mass is 225 g/mol. The van der Waals surface area contributed by atoms with Crippen molar-refractivity contribution in [2.75, 3.05) is 6.54 Å². The molecule has 1 aromatic rings. The van der Waals surface area contributed by atoms with Gasteiger partial charge in [0.2, 0.25) is 0 Å². The number of hydrogen-bond donors (Lipinski definition) is 2. The fourth-order valence-corrected chi connectivity index (χ4v) is 1.24. The third kappa shape index (κ3) is 3.29. The van der Waals surface area contributed by atoms with Crippen LogP contribution in [-0.2, 0) is 0 Å². The summed E-state index contributed by atoms with van der Waals surface area (Å²) in [7, 11) is 0. The lowest BCUT2D eigenvalue weighted by Crippen LogP contribution is -2.25. The number of nitrogens with one attached hydrogen (secondary N) is 1. The molecule has 0 bridgehead atoms. The molecule has 0 saturated carbocycles. The highest BCUT2D eigenvalue weighted by atomic mass is 35.5. The smallest absolute Gasteiger partial charge is 0.251 e. The van der Waals surface area contributed by atoms with Crippen molar-refractivity contribution in [2.45, 2.75) is 6.92 Å². The molecule has 80 valence electrons. The number of halogens is 1.